The number of aryl methyl sites for hydroxylation is 1. The van der Waals surface area contributed by atoms with Crippen LogP contribution in [0.15, 0.2) is 30.5 Å². The van der Waals surface area contributed by atoms with Crippen LogP contribution < -0.4 is 5.73 Å². The fraction of sp³-hybridized carbons (Fsp3) is 0.0909. The number of fused-ring (bicyclic) bond motifs is 1. The van der Waals surface area contributed by atoms with Gasteiger partial charge in [0.05, 0.1) is 17.4 Å². The summed E-state index contributed by atoms with van der Waals surface area (Å²) in [7, 11) is 1.93. The molecule has 0 saturated heterocycles. The molecule has 0 radical (unpaired) electrons. The van der Waals surface area contributed by atoms with E-state index in [1.807, 2.05) is 36.1 Å². The lowest BCUT2D eigenvalue weighted by Crippen LogP contribution is -1.88. The summed E-state index contributed by atoms with van der Waals surface area (Å²) >= 11 is 0. The molecule has 0 unspecified atom stereocenters. The van der Waals surface area contributed by atoms with Crippen molar-refractivity contribution in [2.45, 2.75) is 0 Å². The normalized spacial score (nSPS) is 11.1. The summed E-state index contributed by atoms with van der Waals surface area (Å²) < 4.78 is 1.85. The number of rotatable bonds is 1. The molecule has 3 N–H and O–H groups in total. The van der Waals surface area contributed by atoms with Crippen LogP contribution in [0.25, 0.3) is 22.2 Å². The second kappa shape index (κ2) is 3.10. The first-order chi connectivity index (χ1) is 7.74. The summed E-state index contributed by atoms with van der Waals surface area (Å²) in [4.78, 5) is 0. The Hall–Kier alpha value is -2.30. The molecular weight excluding hydrogens is 202 g/mol. The summed E-state index contributed by atoms with van der Waals surface area (Å²) in [5, 5.41) is 12.1. The summed E-state index contributed by atoms with van der Waals surface area (Å²) in [5.74, 6) is 0.501. The number of hydrogen-bond acceptors (Lipinski definition) is 3. The van der Waals surface area contributed by atoms with Gasteiger partial charge in [-0.25, -0.2) is 0 Å². The van der Waals surface area contributed by atoms with Gasteiger partial charge in [-0.15, -0.1) is 0 Å². The third-order valence-electron chi connectivity index (χ3n) is 2.65. The van der Waals surface area contributed by atoms with Crippen molar-refractivity contribution in [1.82, 2.24) is 20.0 Å². The van der Waals surface area contributed by atoms with E-state index in [0.717, 1.165) is 22.2 Å². The molecule has 0 aliphatic carbocycles. The fourth-order valence-corrected chi connectivity index (χ4v) is 1.82. The Morgan fingerprint density at radius 3 is 2.94 bits per heavy atom. The zero-order chi connectivity index (χ0) is 11.1. The van der Waals surface area contributed by atoms with Crippen molar-refractivity contribution < 1.29 is 0 Å². The van der Waals surface area contributed by atoms with Crippen LogP contribution in [0.5, 0.6) is 0 Å². The minimum absolute atomic E-state index is 0.501. The summed E-state index contributed by atoms with van der Waals surface area (Å²) in [5.41, 5.74) is 8.66. The van der Waals surface area contributed by atoms with Crippen molar-refractivity contribution in [1.29, 1.82) is 0 Å². The van der Waals surface area contributed by atoms with Crippen molar-refractivity contribution in [3.8, 4) is 11.3 Å². The first kappa shape index (κ1) is 8.96. The number of nitrogens with two attached hydrogens (primary N) is 1. The molecule has 5 nitrogen and oxygen atoms in total. The van der Waals surface area contributed by atoms with Gasteiger partial charge in [0.1, 0.15) is 5.82 Å². The maximum atomic E-state index is 5.57. The van der Waals surface area contributed by atoms with Crippen molar-refractivity contribution in [2.75, 3.05) is 5.73 Å². The highest BCUT2D eigenvalue weighted by Gasteiger charge is 2.04. The van der Waals surface area contributed by atoms with Crippen LogP contribution in [-0.4, -0.2) is 20.0 Å². The molecule has 0 aliphatic heterocycles. The predicted molar refractivity (Wildman–Crippen MR) is 62.7 cm³/mol. The van der Waals surface area contributed by atoms with Crippen molar-refractivity contribution in [3.63, 3.8) is 0 Å². The number of hydrogen-bond donors (Lipinski definition) is 2. The van der Waals surface area contributed by atoms with E-state index < -0.39 is 0 Å². The number of aromatic amines is 1. The quantitative estimate of drug-likeness (QED) is 0.644. The van der Waals surface area contributed by atoms with Crippen LogP contribution in [-0.2, 0) is 7.05 Å². The summed E-state index contributed by atoms with van der Waals surface area (Å²) in [6.07, 6.45) is 1.85. The minimum atomic E-state index is 0.501. The zero-order valence-corrected chi connectivity index (χ0v) is 8.81. The highest BCUT2D eigenvalue weighted by molar-refractivity contribution is 5.84. The molecule has 0 saturated carbocycles. The standard InChI is InChI=1S/C11H11N5/c1-16-10-3-2-7(4-8(10)6-13-16)9-5-11(12)15-14-9/h2-6H,1H3,(H3,12,14,15). The average Bonchev–Trinajstić information content (AvgIpc) is 2.86. The van der Waals surface area contributed by atoms with E-state index >= 15 is 0 Å². The smallest absolute Gasteiger partial charge is 0.145 e. The van der Waals surface area contributed by atoms with E-state index in [1.54, 1.807) is 0 Å². The summed E-state index contributed by atoms with van der Waals surface area (Å²) in [6, 6.07) is 7.94. The van der Waals surface area contributed by atoms with E-state index in [0.29, 0.717) is 5.82 Å². The van der Waals surface area contributed by atoms with E-state index in [4.69, 9.17) is 5.73 Å². The molecule has 3 rings (SSSR count). The SMILES string of the molecule is Cn1ncc2cc(-c3cc(N)n[nH]3)ccc21. The third-order valence-corrected chi connectivity index (χ3v) is 2.65. The molecule has 0 atom stereocenters. The van der Waals surface area contributed by atoms with Crippen LogP contribution in [0.3, 0.4) is 0 Å². The molecule has 1 aromatic carbocycles. The maximum absolute atomic E-state index is 5.57. The van der Waals surface area contributed by atoms with Crippen LogP contribution in [0, 0.1) is 0 Å². The average molecular weight is 213 g/mol. The van der Waals surface area contributed by atoms with Gasteiger partial charge in [-0.2, -0.15) is 10.2 Å². The van der Waals surface area contributed by atoms with Crippen molar-refractivity contribution in [2.24, 2.45) is 7.05 Å². The number of anilines is 1. The molecule has 5 heteroatoms. The third kappa shape index (κ3) is 1.25. The molecule has 2 aromatic heterocycles. The molecule has 3 aromatic rings. The maximum Gasteiger partial charge on any atom is 0.145 e. The lowest BCUT2D eigenvalue weighted by atomic mass is 10.1. The number of H-pyrrole nitrogens is 1. The molecule has 0 spiro atoms. The molecule has 80 valence electrons. The van der Waals surface area contributed by atoms with Crippen molar-refractivity contribution in [3.05, 3.63) is 30.5 Å². The van der Waals surface area contributed by atoms with Gasteiger partial charge in [-0.1, -0.05) is 6.07 Å². The Bertz CT molecular complexity index is 649. The number of aromatic nitrogens is 4. The highest BCUT2D eigenvalue weighted by Crippen LogP contribution is 2.23. The second-order valence-electron chi connectivity index (χ2n) is 3.75. The van der Waals surface area contributed by atoms with Gasteiger partial charge in [0.2, 0.25) is 0 Å². The number of benzene rings is 1. The first-order valence-corrected chi connectivity index (χ1v) is 4.97. The van der Waals surface area contributed by atoms with Crippen LogP contribution in [0.2, 0.25) is 0 Å². The fourth-order valence-electron chi connectivity index (χ4n) is 1.82. The van der Waals surface area contributed by atoms with Crippen LogP contribution in [0.1, 0.15) is 0 Å². The molecule has 16 heavy (non-hydrogen) atoms. The van der Waals surface area contributed by atoms with E-state index in [1.165, 1.54) is 0 Å². The Balaban J connectivity index is 2.18. The van der Waals surface area contributed by atoms with Gasteiger partial charge >= 0.3 is 0 Å². The lowest BCUT2D eigenvalue weighted by molar-refractivity contribution is 0.797. The van der Waals surface area contributed by atoms with Crippen LogP contribution >= 0.6 is 0 Å². The Labute approximate surface area is 91.9 Å². The monoisotopic (exact) mass is 213 g/mol. The predicted octanol–water partition coefficient (Wildman–Crippen LogP) is 1.55. The van der Waals surface area contributed by atoms with Gasteiger partial charge in [-0.3, -0.25) is 9.78 Å². The zero-order valence-electron chi connectivity index (χ0n) is 8.81. The lowest BCUT2D eigenvalue weighted by Gasteiger charge is -1.98. The number of nitrogen functional groups attached to an aromatic ring is 1. The molecule has 0 fully saturated rings. The van der Waals surface area contributed by atoms with Gasteiger partial charge < -0.3 is 5.73 Å². The number of nitrogens with zero attached hydrogens (tertiary/aromatic N) is 3. The minimum Gasteiger partial charge on any atom is -0.382 e. The van der Waals surface area contributed by atoms with Crippen LogP contribution in [0.4, 0.5) is 5.82 Å². The highest BCUT2D eigenvalue weighted by atomic mass is 15.2. The molecular formula is C11H11N5. The van der Waals surface area contributed by atoms with E-state index in [9.17, 15) is 0 Å². The topological polar surface area (TPSA) is 72.5 Å². The van der Waals surface area contributed by atoms with Crippen molar-refractivity contribution >= 4 is 16.7 Å². The Kier molecular flexibility index (Phi) is 1.73. The first-order valence-electron chi connectivity index (χ1n) is 4.97. The Morgan fingerprint density at radius 2 is 2.19 bits per heavy atom. The molecule has 2 heterocycles. The van der Waals surface area contributed by atoms with Gasteiger partial charge in [0, 0.05) is 24.1 Å². The second-order valence-corrected chi connectivity index (χ2v) is 3.75. The van der Waals surface area contributed by atoms with Gasteiger partial charge in [0.25, 0.3) is 0 Å². The van der Waals surface area contributed by atoms with E-state index in [2.05, 4.69) is 21.4 Å². The van der Waals surface area contributed by atoms with Gasteiger partial charge in [0.15, 0.2) is 0 Å². The number of nitrogens with one attached hydrogen (secondary N) is 1. The van der Waals surface area contributed by atoms with Gasteiger partial charge in [-0.05, 0) is 12.1 Å². The molecule has 0 amide bonds. The van der Waals surface area contributed by atoms with E-state index in [-0.39, 0.29) is 0 Å². The largest absolute Gasteiger partial charge is 0.382 e. The summed E-state index contributed by atoms with van der Waals surface area (Å²) in [6.45, 7) is 0. The Morgan fingerprint density at radius 1 is 1.31 bits per heavy atom. The molecule has 0 bridgehead atoms. The molecule has 0 aliphatic rings.